The second-order valence-electron chi connectivity index (χ2n) is 7.18. The molecule has 3 heterocycles. The highest BCUT2D eigenvalue weighted by atomic mass is 35.5. The number of thiophene rings is 1. The molecule has 5 nitrogen and oxygen atoms in total. The number of thioether (sulfide) groups is 1. The van der Waals surface area contributed by atoms with E-state index < -0.39 is 0 Å². The molecule has 3 aromatic heterocycles. The van der Waals surface area contributed by atoms with Crippen LogP contribution >= 0.6 is 34.7 Å². The molecule has 160 valence electrons. The highest BCUT2D eigenvalue weighted by Crippen LogP contribution is 2.31. The second-order valence-corrected chi connectivity index (χ2v) is 9.56. The first-order valence-corrected chi connectivity index (χ1v) is 12.1. The van der Waals surface area contributed by atoms with Gasteiger partial charge in [-0.05, 0) is 47.5 Å². The monoisotopic (exact) mass is 479 g/mol. The zero-order valence-corrected chi connectivity index (χ0v) is 19.5. The summed E-state index contributed by atoms with van der Waals surface area (Å²) in [5.74, 6) is 1.46. The first kappa shape index (κ1) is 21.0. The van der Waals surface area contributed by atoms with E-state index in [1.807, 2.05) is 60.7 Å². The Hall–Kier alpha value is -2.87. The van der Waals surface area contributed by atoms with Gasteiger partial charge in [-0.3, -0.25) is 9.36 Å². The SMILES string of the molecule is COc1ccc(Cn2c(SCc3ccc(Cl)cc3)nc3c(sc4ncccc43)c2=O)cc1. The zero-order valence-electron chi connectivity index (χ0n) is 17.1. The Kier molecular flexibility index (Phi) is 5.87. The Labute approximate surface area is 197 Å². The first-order chi connectivity index (χ1) is 15.6. The van der Waals surface area contributed by atoms with Gasteiger partial charge >= 0.3 is 0 Å². The van der Waals surface area contributed by atoms with Gasteiger partial charge in [0.15, 0.2) is 5.16 Å². The van der Waals surface area contributed by atoms with Crippen molar-refractivity contribution in [3.05, 3.63) is 93.4 Å². The Morgan fingerprint density at radius 3 is 2.56 bits per heavy atom. The molecule has 0 aliphatic heterocycles. The number of fused-ring (bicyclic) bond motifs is 3. The number of pyridine rings is 1. The van der Waals surface area contributed by atoms with Crippen molar-refractivity contribution in [3.63, 3.8) is 0 Å². The lowest BCUT2D eigenvalue weighted by atomic mass is 10.2. The van der Waals surface area contributed by atoms with E-state index >= 15 is 0 Å². The number of nitrogens with zero attached hydrogens (tertiary/aromatic N) is 3. The van der Waals surface area contributed by atoms with Gasteiger partial charge in [0.05, 0.1) is 19.2 Å². The van der Waals surface area contributed by atoms with E-state index in [4.69, 9.17) is 21.3 Å². The van der Waals surface area contributed by atoms with Gasteiger partial charge in [0.25, 0.3) is 5.56 Å². The largest absolute Gasteiger partial charge is 0.497 e. The number of ether oxygens (including phenoxy) is 1. The van der Waals surface area contributed by atoms with Crippen LogP contribution in [-0.4, -0.2) is 21.6 Å². The molecule has 0 aliphatic carbocycles. The molecule has 0 saturated carbocycles. The molecule has 0 unspecified atom stereocenters. The predicted molar refractivity (Wildman–Crippen MR) is 132 cm³/mol. The Morgan fingerprint density at radius 2 is 1.81 bits per heavy atom. The molecule has 0 atom stereocenters. The standard InChI is InChI=1S/C24H18ClN3O2S2/c1-30-18-10-6-15(7-11-18)13-28-23(29)21-20(19-3-2-12-26-22(19)32-21)27-24(28)31-14-16-4-8-17(25)9-5-16/h2-12H,13-14H2,1H3. The van der Waals surface area contributed by atoms with Crippen molar-refractivity contribution in [1.29, 1.82) is 0 Å². The van der Waals surface area contributed by atoms with E-state index in [1.165, 1.54) is 11.3 Å². The minimum absolute atomic E-state index is 0.0487. The summed E-state index contributed by atoms with van der Waals surface area (Å²) in [6.45, 7) is 0.427. The third kappa shape index (κ3) is 4.11. The summed E-state index contributed by atoms with van der Waals surface area (Å²) in [6.07, 6.45) is 1.74. The van der Waals surface area contributed by atoms with Gasteiger partial charge < -0.3 is 4.74 Å². The smallest absolute Gasteiger partial charge is 0.272 e. The summed E-state index contributed by atoms with van der Waals surface area (Å²) in [5, 5.41) is 2.29. The quantitative estimate of drug-likeness (QED) is 0.220. The Morgan fingerprint density at radius 1 is 1.06 bits per heavy atom. The van der Waals surface area contributed by atoms with Crippen molar-refractivity contribution in [2.75, 3.05) is 7.11 Å². The number of aromatic nitrogens is 3. The summed E-state index contributed by atoms with van der Waals surface area (Å²) in [6, 6.07) is 19.3. The first-order valence-electron chi connectivity index (χ1n) is 9.90. The molecule has 0 bridgehead atoms. The molecule has 0 saturated heterocycles. The average molecular weight is 480 g/mol. The van der Waals surface area contributed by atoms with Crippen molar-refractivity contribution in [2.45, 2.75) is 17.5 Å². The van der Waals surface area contributed by atoms with Gasteiger partial charge in [0.1, 0.15) is 15.3 Å². The summed E-state index contributed by atoms with van der Waals surface area (Å²) in [5.41, 5.74) is 2.78. The van der Waals surface area contributed by atoms with Gasteiger partial charge in [-0.1, -0.05) is 47.6 Å². The summed E-state index contributed by atoms with van der Waals surface area (Å²) in [7, 11) is 1.64. The van der Waals surface area contributed by atoms with Gasteiger partial charge in [-0.25, -0.2) is 9.97 Å². The molecule has 0 aliphatic rings. The maximum absolute atomic E-state index is 13.6. The number of hydrogen-bond donors (Lipinski definition) is 0. The van der Waals surface area contributed by atoms with Crippen molar-refractivity contribution in [2.24, 2.45) is 0 Å². The number of halogens is 1. The number of benzene rings is 2. The van der Waals surface area contributed by atoms with Crippen LogP contribution in [0.5, 0.6) is 5.75 Å². The fourth-order valence-electron chi connectivity index (χ4n) is 3.43. The molecule has 2 aromatic carbocycles. The molecule has 0 amide bonds. The summed E-state index contributed by atoms with van der Waals surface area (Å²) >= 11 is 8.95. The molecular formula is C24H18ClN3O2S2. The van der Waals surface area contributed by atoms with Gasteiger partial charge in [0.2, 0.25) is 0 Å². The molecule has 0 radical (unpaired) electrons. The maximum atomic E-state index is 13.6. The van der Waals surface area contributed by atoms with E-state index in [-0.39, 0.29) is 5.56 Å². The third-order valence-corrected chi connectivity index (χ3v) is 7.49. The molecule has 8 heteroatoms. The van der Waals surface area contributed by atoms with Crippen LogP contribution in [0.15, 0.2) is 76.8 Å². The van der Waals surface area contributed by atoms with Gasteiger partial charge in [-0.15, -0.1) is 11.3 Å². The van der Waals surface area contributed by atoms with Gasteiger partial charge in [0, 0.05) is 22.4 Å². The Bertz CT molecular complexity index is 1460. The molecule has 0 fully saturated rings. The number of methoxy groups -OCH3 is 1. The van der Waals surface area contributed by atoms with Crippen LogP contribution in [-0.2, 0) is 12.3 Å². The van der Waals surface area contributed by atoms with Crippen LogP contribution < -0.4 is 10.3 Å². The van der Waals surface area contributed by atoms with Crippen LogP contribution in [0, 0.1) is 0 Å². The van der Waals surface area contributed by atoms with Crippen LogP contribution in [0.3, 0.4) is 0 Å². The van der Waals surface area contributed by atoms with E-state index in [9.17, 15) is 4.79 Å². The van der Waals surface area contributed by atoms with Crippen molar-refractivity contribution < 1.29 is 4.74 Å². The zero-order chi connectivity index (χ0) is 22.1. The highest BCUT2D eigenvalue weighted by molar-refractivity contribution is 7.98. The lowest BCUT2D eigenvalue weighted by molar-refractivity contribution is 0.414. The van der Waals surface area contributed by atoms with E-state index in [1.54, 1.807) is 29.6 Å². The maximum Gasteiger partial charge on any atom is 0.272 e. The normalized spacial score (nSPS) is 11.3. The average Bonchev–Trinajstić information content (AvgIpc) is 3.20. The predicted octanol–water partition coefficient (Wildman–Crippen LogP) is 6.01. The summed E-state index contributed by atoms with van der Waals surface area (Å²) in [4.78, 5) is 23.7. The van der Waals surface area contributed by atoms with Crippen LogP contribution in [0.2, 0.25) is 5.02 Å². The van der Waals surface area contributed by atoms with Crippen LogP contribution in [0.4, 0.5) is 0 Å². The number of rotatable bonds is 6. The topological polar surface area (TPSA) is 57.0 Å². The third-order valence-electron chi connectivity index (χ3n) is 5.10. The van der Waals surface area contributed by atoms with Crippen LogP contribution in [0.1, 0.15) is 11.1 Å². The minimum Gasteiger partial charge on any atom is -0.497 e. The van der Waals surface area contributed by atoms with E-state index in [0.29, 0.717) is 32.7 Å². The van der Waals surface area contributed by atoms with Crippen LogP contribution in [0.25, 0.3) is 20.4 Å². The second kappa shape index (κ2) is 8.94. The van der Waals surface area contributed by atoms with Crippen molar-refractivity contribution in [1.82, 2.24) is 14.5 Å². The fraction of sp³-hybridized carbons (Fsp3) is 0.125. The molecular weight excluding hydrogens is 462 g/mol. The van der Waals surface area contributed by atoms with Gasteiger partial charge in [-0.2, -0.15) is 0 Å². The molecule has 5 rings (SSSR count). The lowest BCUT2D eigenvalue weighted by Gasteiger charge is -2.13. The minimum atomic E-state index is -0.0487. The number of hydrogen-bond acceptors (Lipinski definition) is 6. The van der Waals surface area contributed by atoms with Crippen molar-refractivity contribution >= 4 is 55.1 Å². The molecule has 5 aromatic rings. The van der Waals surface area contributed by atoms with E-state index in [2.05, 4.69) is 4.98 Å². The Balaban J connectivity index is 1.60. The molecule has 32 heavy (non-hydrogen) atoms. The molecule has 0 spiro atoms. The van der Waals surface area contributed by atoms with Crippen molar-refractivity contribution in [3.8, 4) is 5.75 Å². The summed E-state index contributed by atoms with van der Waals surface area (Å²) < 4.78 is 7.63. The highest BCUT2D eigenvalue weighted by Gasteiger charge is 2.17. The lowest BCUT2D eigenvalue weighted by Crippen LogP contribution is -2.23. The van der Waals surface area contributed by atoms with E-state index in [0.717, 1.165) is 27.1 Å². The molecule has 0 N–H and O–H groups in total. The fourth-order valence-corrected chi connectivity index (χ4v) is 5.54.